The lowest BCUT2D eigenvalue weighted by Gasteiger charge is -2.43. The molecule has 1 unspecified atom stereocenters. The lowest BCUT2D eigenvalue weighted by atomic mass is 9.93. The quantitative estimate of drug-likeness (QED) is 0.329. The molecule has 8 nitrogen and oxygen atoms in total. The topological polar surface area (TPSA) is 85.7 Å². The molecule has 5 rings (SSSR count). The molecule has 0 saturated carbocycles. The number of nitrogens with zero attached hydrogens (tertiary/aromatic N) is 3. The first kappa shape index (κ1) is 27.0. The molecular weight excluding hydrogens is 504 g/mol. The Balaban J connectivity index is 1.48. The minimum Gasteiger partial charge on any atom is -0.497 e. The van der Waals surface area contributed by atoms with E-state index < -0.39 is 5.54 Å². The summed E-state index contributed by atoms with van der Waals surface area (Å²) in [5.41, 5.74) is 3.82. The third kappa shape index (κ3) is 5.17. The fraction of sp³-hybridized carbons (Fsp3) is 0.281. The molecule has 1 atom stereocenters. The van der Waals surface area contributed by atoms with Crippen molar-refractivity contribution in [3.8, 4) is 22.8 Å². The lowest BCUT2D eigenvalue weighted by Crippen LogP contribution is -2.63. The van der Waals surface area contributed by atoms with Crippen molar-refractivity contribution in [2.75, 3.05) is 14.2 Å². The van der Waals surface area contributed by atoms with Crippen LogP contribution < -0.4 is 14.8 Å². The van der Waals surface area contributed by atoms with Gasteiger partial charge in [0.05, 0.1) is 26.5 Å². The van der Waals surface area contributed by atoms with E-state index in [0.29, 0.717) is 23.7 Å². The summed E-state index contributed by atoms with van der Waals surface area (Å²) < 4.78 is 12.4. The van der Waals surface area contributed by atoms with Crippen molar-refractivity contribution >= 4 is 11.8 Å². The molecule has 0 aliphatic carbocycles. The number of aryl methyl sites for hydroxylation is 1. The van der Waals surface area contributed by atoms with Crippen LogP contribution in [0.25, 0.3) is 11.3 Å². The first-order valence-electron chi connectivity index (χ1n) is 13.4. The predicted octanol–water partition coefficient (Wildman–Crippen LogP) is 4.86. The Labute approximate surface area is 234 Å². The van der Waals surface area contributed by atoms with E-state index in [1.807, 2.05) is 60.7 Å². The second-order valence-corrected chi connectivity index (χ2v) is 10.1. The molecule has 0 fully saturated rings. The zero-order valence-electron chi connectivity index (χ0n) is 23.3. The minimum absolute atomic E-state index is 0.217. The van der Waals surface area contributed by atoms with Crippen LogP contribution in [-0.4, -0.2) is 46.3 Å². The van der Waals surface area contributed by atoms with Crippen LogP contribution in [0.3, 0.4) is 0 Å². The minimum atomic E-state index is -1.18. The van der Waals surface area contributed by atoms with Crippen molar-refractivity contribution in [3.63, 3.8) is 0 Å². The molecule has 0 spiro atoms. The van der Waals surface area contributed by atoms with E-state index >= 15 is 0 Å². The molecule has 2 heterocycles. The number of hydrogen-bond acceptors (Lipinski definition) is 5. The summed E-state index contributed by atoms with van der Waals surface area (Å²) in [7, 11) is 3.22. The molecule has 1 aliphatic rings. The van der Waals surface area contributed by atoms with E-state index in [2.05, 4.69) is 24.4 Å². The second-order valence-electron chi connectivity index (χ2n) is 10.1. The first-order chi connectivity index (χ1) is 19.4. The Hall–Kier alpha value is -4.59. The average Bonchev–Trinajstić information content (AvgIpc) is 3.42. The number of fused-ring (bicyclic) bond motifs is 1. The Morgan fingerprint density at radius 2 is 1.68 bits per heavy atom. The molecule has 1 N–H and O–H groups in total. The number of amides is 2. The van der Waals surface area contributed by atoms with Gasteiger partial charge in [0.25, 0.3) is 5.91 Å². The van der Waals surface area contributed by atoms with E-state index in [1.165, 1.54) is 5.56 Å². The van der Waals surface area contributed by atoms with Gasteiger partial charge in [-0.3, -0.25) is 14.3 Å². The summed E-state index contributed by atoms with van der Waals surface area (Å²) in [5, 5.41) is 7.80. The highest BCUT2D eigenvalue weighted by atomic mass is 16.5. The number of nitrogens with one attached hydrogen (secondary N) is 1. The molecule has 4 aromatic rings. The zero-order chi connectivity index (χ0) is 28.3. The van der Waals surface area contributed by atoms with Gasteiger partial charge in [0.15, 0.2) is 0 Å². The van der Waals surface area contributed by atoms with Crippen LogP contribution in [0, 0.1) is 0 Å². The van der Waals surface area contributed by atoms with Crippen molar-refractivity contribution in [2.45, 2.75) is 45.4 Å². The third-order valence-corrected chi connectivity index (χ3v) is 7.58. The average molecular weight is 539 g/mol. The van der Waals surface area contributed by atoms with Crippen LogP contribution in [0.5, 0.6) is 11.5 Å². The smallest absolute Gasteiger partial charge is 0.273 e. The summed E-state index contributed by atoms with van der Waals surface area (Å²) in [6, 6.07) is 25.1. The van der Waals surface area contributed by atoms with Crippen LogP contribution >= 0.6 is 0 Å². The van der Waals surface area contributed by atoms with Gasteiger partial charge in [-0.05, 0) is 60.9 Å². The standard InChI is InChI=1S/C32H34N4O4/c1-5-22-10-12-23(13-11-22)20-35-30(37)28-18-27(24-14-16-26(39-3)17-15-24)34-36(28)21-32(35,2)31(38)33-19-25-8-6-7-9-29(25)40-4/h6-18H,5,19-21H2,1-4H3,(H,33,38). The van der Waals surface area contributed by atoms with Crippen molar-refractivity contribution < 1.29 is 19.1 Å². The van der Waals surface area contributed by atoms with Gasteiger partial charge in [-0.15, -0.1) is 0 Å². The lowest BCUT2D eigenvalue weighted by molar-refractivity contribution is -0.133. The van der Waals surface area contributed by atoms with E-state index in [9.17, 15) is 9.59 Å². The van der Waals surface area contributed by atoms with Gasteiger partial charge >= 0.3 is 0 Å². The Kier molecular flexibility index (Phi) is 7.60. The summed E-state index contributed by atoms with van der Waals surface area (Å²) in [4.78, 5) is 29.6. The Morgan fingerprint density at radius 1 is 0.975 bits per heavy atom. The van der Waals surface area contributed by atoms with Crippen LogP contribution in [0.1, 0.15) is 41.0 Å². The third-order valence-electron chi connectivity index (χ3n) is 7.58. The molecular formula is C32H34N4O4. The van der Waals surface area contributed by atoms with E-state index in [0.717, 1.165) is 28.9 Å². The summed E-state index contributed by atoms with van der Waals surface area (Å²) in [5.74, 6) is 0.930. The zero-order valence-corrected chi connectivity index (χ0v) is 23.3. The van der Waals surface area contributed by atoms with Gasteiger partial charge in [-0.1, -0.05) is 49.4 Å². The number of aromatic nitrogens is 2. The molecule has 8 heteroatoms. The number of para-hydroxylation sites is 1. The molecule has 1 aliphatic heterocycles. The normalized spacial score (nSPS) is 16.4. The van der Waals surface area contributed by atoms with Gasteiger partial charge in [-0.25, -0.2) is 0 Å². The summed E-state index contributed by atoms with van der Waals surface area (Å²) in [6.45, 7) is 4.70. The van der Waals surface area contributed by atoms with E-state index in [-0.39, 0.29) is 24.9 Å². The summed E-state index contributed by atoms with van der Waals surface area (Å²) >= 11 is 0. The molecule has 1 aromatic heterocycles. The number of benzene rings is 3. The first-order valence-corrected chi connectivity index (χ1v) is 13.4. The van der Waals surface area contributed by atoms with Crippen LogP contribution in [0.4, 0.5) is 0 Å². The number of methoxy groups -OCH3 is 2. The fourth-order valence-corrected chi connectivity index (χ4v) is 5.07. The van der Waals surface area contributed by atoms with Gasteiger partial charge in [-0.2, -0.15) is 5.10 Å². The van der Waals surface area contributed by atoms with Crippen LogP contribution in [0.15, 0.2) is 78.9 Å². The predicted molar refractivity (Wildman–Crippen MR) is 153 cm³/mol. The van der Waals surface area contributed by atoms with Crippen molar-refractivity contribution in [1.29, 1.82) is 0 Å². The SMILES string of the molecule is CCc1ccc(CN2C(=O)c3cc(-c4ccc(OC)cc4)nn3CC2(C)C(=O)NCc2ccccc2OC)cc1. The van der Waals surface area contributed by atoms with Crippen LogP contribution in [0.2, 0.25) is 0 Å². The Morgan fingerprint density at radius 3 is 2.35 bits per heavy atom. The van der Waals surface area contributed by atoms with Gasteiger partial charge < -0.3 is 19.7 Å². The molecule has 0 radical (unpaired) electrons. The number of rotatable bonds is 9. The molecule has 206 valence electrons. The molecule has 0 saturated heterocycles. The maximum atomic E-state index is 14.0. The molecule has 0 bridgehead atoms. The highest BCUT2D eigenvalue weighted by molar-refractivity contribution is 6.00. The number of hydrogen-bond donors (Lipinski definition) is 1. The van der Waals surface area contributed by atoms with Crippen molar-refractivity contribution in [3.05, 3.63) is 101 Å². The highest BCUT2D eigenvalue weighted by Crippen LogP contribution is 2.32. The maximum absolute atomic E-state index is 14.0. The molecule has 40 heavy (non-hydrogen) atoms. The van der Waals surface area contributed by atoms with E-state index in [4.69, 9.17) is 14.6 Å². The summed E-state index contributed by atoms with van der Waals surface area (Å²) in [6.07, 6.45) is 0.930. The highest BCUT2D eigenvalue weighted by Gasteiger charge is 2.48. The second kappa shape index (κ2) is 11.3. The van der Waals surface area contributed by atoms with Gasteiger partial charge in [0.2, 0.25) is 5.91 Å². The number of ether oxygens (including phenoxy) is 2. The van der Waals surface area contributed by atoms with Crippen molar-refractivity contribution in [1.82, 2.24) is 20.0 Å². The molecule has 2 amide bonds. The Bertz CT molecular complexity index is 1510. The number of carbonyl (C=O) groups excluding carboxylic acids is 2. The maximum Gasteiger partial charge on any atom is 0.273 e. The van der Waals surface area contributed by atoms with Gasteiger partial charge in [0.1, 0.15) is 22.7 Å². The largest absolute Gasteiger partial charge is 0.497 e. The van der Waals surface area contributed by atoms with Crippen LogP contribution in [-0.2, 0) is 30.8 Å². The fourth-order valence-electron chi connectivity index (χ4n) is 5.07. The van der Waals surface area contributed by atoms with Crippen molar-refractivity contribution in [2.24, 2.45) is 0 Å². The monoisotopic (exact) mass is 538 g/mol. The number of carbonyl (C=O) groups is 2. The van der Waals surface area contributed by atoms with E-state index in [1.54, 1.807) is 36.8 Å². The van der Waals surface area contributed by atoms with Gasteiger partial charge in [0, 0.05) is 24.2 Å². The molecule has 3 aromatic carbocycles.